The second-order valence-electron chi connectivity index (χ2n) is 7.45. The van der Waals surface area contributed by atoms with Crippen molar-refractivity contribution in [2.24, 2.45) is 11.7 Å². The van der Waals surface area contributed by atoms with Gasteiger partial charge in [0, 0.05) is 37.5 Å². The average Bonchev–Trinajstić information content (AvgIpc) is 3.03. The van der Waals surface area contributed by atoms with E-state index in [1.165, 1.54) is 31.5 Å². The molecule has 4 aliphatic rings. The molecule has 4 saturated heterocycles. The number of primary amides is 1. The molecule has 2 bridgehead atoms. The van der Waals surface area contributed by atoms with Crippen molar-refractivity contribution < 1.29 is 9.53 Å². The van der Waals surface area contributed by atoms with Crippen LogP contribution in [-0.2, 0) is 4.79 Å². The number of methoxy groups -OCH3 is 1. The Hall–Kier alpha value is -1.59. The molecule has 1 amide bonds. The van der Waals surface area contributed by atoms with E-state index in [1.807, 2.05) is 6.07 Å². The molecule has 4 heterocycles. The lowest BCUT2D eigenvalue weighted by atomic mass is 9.75. The van der Waals surface area contributed by atoms with E-state index in [0.29, 0.717) is 24.4 Å². The third kappa shape index (κ3) is 2.70. The smallest absolute Gasteiger partial charge is 0.218 e. The first-order chi connectivity index (χ1) is 11.7. The Labute approximate surface area is 143 Å². The van der Waals surface area contributed by atoms with Gasteiger partial charge in [0.15, 0.2) is 0 Å². The van der Waals surface area contributed by atoms with Crippen LogP contribution in [0.2, 0.25) is 0 Å². The van der Waals surface area contributed by atoms with E-state index >= 15 is 0 Å². The summed E-state index contributed by atoms with van der Waals surface area (Å²) in [6.45, 7) is 4.25. The summed E-state index contributed by atoms with van der Waals surface area (Å²) in [7, 11) is 1.72. The molecule has 0 saturated carbocycles. The van der Waals surface area contributed by atoms with Crippen molar-refractivity contribution >= 4 is 5.91 Å². The molecule has 0 spiro atoms. The molecular formula is C19H27N3O2. The van der Waals surface area contributed by atoms with Gasteiger partial charge in [0.25, 0.3) is 0 Å². The molecule has 0 radical (unpaired) electrons. The SMILES string of the molecule is COc1cccc([C@@H]2CN(CCC(N)=O)[C@@H]3C4CCN(CC4)[C@@H]32)c1. The molecule has 4 fully saturated rings. The lowest BCUT2D eigenvalue weighted by Gasteiger charge is -2.51. The van der Waals surface area contributed by atoms with Crippen LogP contribution in [0.4, 0.5) is 0 Å². The molecule has 5 nitrogen and oxygen atoms in total. The first-order valence-electron chi connectivity index (χ1n) is 9.07. The zero-order chi connectivity index (χ0) is 16.7. The van der Waals surface area contributed by atoms with Crippen LogP contribution in [0.3, 0.4) is 0 Å². The highest BCUT2D eigenvalue weighted by Gasteiger charge is 2.53. The highest BCUT2D eigenvalue weighted by Crippen LogP contribution is 2.46. The maximum absolute atomic E-state index is 11.3. The van der Waals surface area contributed by atoms with E-state index in [1.54, 1.807) is 7.11 Å². The Morgan fingerprint density at radius 2 is 2.08 bits per heavy atom. The van der Waals surface area contributed by atoms with Gasteiger partial charge in [-0.1, -0.05) is 12.1 Å². The van der Waals surface area contributed by atoms with Gasteiger partial charge in [-0.3, -0.25) is 14.6 Å². The van der Waals surface area contributed by atoms with Crippen molar-refractivity contribution in [2.75, 3.05) is 33.3 Å². The molecule has 2 N–H and O–H groups in total. The number of likely N-dealkylation sites (tertiary alicyclic amines) is 1. The molecule has 0 aromatic heterocycles. The fraction of sp³-hybridized carbons (Fsp3) is 0.632. The van der Waals surface area contributed by atoms with Crippen LogP contribution in [0.5, 0.6) is 5.75 Å². The van der Waals surface area contributed by atoms with Crippen LogP contribution < -0.4 is 10.5 Å². The number of benzene rings is 1. The molecule has 0 aliphatic carbocycles. The lowest BCUT2D eigenvalue weighted by Crippen LogP contribution is -2.60. The van der Waals surface area contributed by atoms with Crippen LogP contribution >= 0.6 is 0 Å². The molecule has 1 aromatic carbocycles. The summed E-state index contributed by atoms with van der Waals surface area (Å²) < 4.78 is 5.43. The number of carbonyl (C=O) groups is 1. The number of fused-ring (bicyclic) bond motifs is 2. The predicted molar refractivity (Wildman–Crippen MR) is 93.0 cm³/mol. The highest BCUT2D eigenvalue weighted by atomic mass is 16.5. The number of carbonyl (C=O) groups excluding carboxylic acids is 1. The minimum Gasteiger partial charge on any atom is -0.497 e. The molecule has 4 aliphatic heterocycles. The van der Waals surface area contributed by atoms with Gasteiger partial charge in [-0.05, 0) is 49.5 Å². The summed E-state index contributed by atoms with van der Waals surface area (Å²) in [5.41, 5.74) is 6.77. The number of piperidine rings is 3. The van der Waals surface area contributed by atoms with Gasteiger partial charge in [0.05, 0.1) is 7.11 Å². The Morgan fingerprint density at radius 1 is 1.29 bits per heavy atom. The fourth-order valence-electron chi connectivity index (χ4n) is 5.21. The van der Waals surface area contributed by atoms with Gasteiger partial charge in [-0.2, -0.15) is 0 Å². The van der Waals surface area contributed by atoms with Crippen molar-refractivity contribution in [3.63, 3.8) is 0 Å². The molecule has 0 unspecified atom stereocenters. The van der Waals surface area contributed by atoms with E-state index in [4.69, 9.17) is 10.5 Å². The van der Waals surface area contributed by atoms with Crippen molar-refractivity contribution in [2.45, 2.75) is 37.3 Å². The van der Waals surface area contributed by atoms with Gasteiger partial charge in [0.1, 0.15) is 5.75 Å². The number of ether oxygens (including phenoxy) is 1. The monoisotopic (exact) mass is 329 g/mol. The zero-order valence-electron chi connectivity index (χ0n) is 14.4. The van der Waals surface area contributed by atoms with Gasteiger partial charge < -0.3 is 10.5 Å². The Kier molecular flexibility index (Phi) is 4.22. The molecular weight excluding hydrogens is 302 g/mol. The summed E-state index contributed by atoms with van der Waals surface area (Å²) in [5.74, 6) is 1.98. The minimum atomic E-state index is -0.197. The number of rotatable bonds is 5. The molecule has 1 aromatic rings. The maximum Gasteiger partial charge on any atom is 0.218 e. The Morgan fingerprint density at radius 3 is 2.79 bits per heavy atom. The molecule has 3 atom stereocenters. The number of nitrogens with zero attached hydrogens (tertiary/aromatic N) is 2. The second-order valence-corrected chi connectivity index (χ2v) is 7.45. The molecule has 130 valence electrons. The quantitative estimate of drug-likeness (QED) is 0.888. The van der Waals surface area contributed by atoms with Crippen LogP contribution in [-0.4, -0.2) is 61.1 Å². The third-order valence-corrected chi connectivity index (χ3v) is 6.26. The molecule has 5 rings (SSSR count). The van der Waals surface area contributed by atoms with Crippen molar-refractivity contribution in [3.05, 3.63) is 29.8 Å². The fourth-order valence-corrected chi connectivity index (χ4v) is 5.21. The van der Waals surface area contributed by atoms with Gasteiger partial charge >= 0.3 is 0 Å². The van der Waals surface area contributed by atoms with Crippen molar-refractivity contribution in [1.82, 2.24) is 9.80 Å². The van der Waals surface area contributed by atoms with Gasteiger partial charge in [-0.15, -0.1) is 0 Å². The summed E-state index contributed by atoms with van der Waals surface area (Å²) in [6, 6.07) is 9.65. The second kappa shape index (κ2) is 6.37. The van der Waals surface area contributed by atoms with Crippen molar-refractivity contribution in [3.8, 4) is 5.75 Å². The van der Waals surface area contributed by atoms with E-state index in [2.05, 4.69) is 28.0 Å². The standard InChI is InChI=1S/C19H27N3O2/c1-24-15-4-2-3-14(11-15)16-12-22(10-7-17(20)23)18-13-5-8-21(9-6-13)19(16)18/h2-4,11,13,16,18-19H,5-10,12H2,1H3,(H2,20,23)/t16-,18+,19+/m0/s1. The minimum absolute atomic E-state index is 0.197. The van der Waals surface area contributed by atoms with Crippen LogP contribution in [0.1, 0.15) is 30.7 Å². The van der Waals surface area contributed by atoms with Gasteiger partial charge in [0.2, 0.25) is 5.91 Å². The number of hydrogen-bond donors (Lipinski definition) is 1. The zero-order valence-corrected chi connectivity index (χ0v) is 14.4. The Bertz CT molecular complexity index is 612. The highest BCUT2D eigenvalue weighted by molar-refractivity contribution is 5.73. The normalized spacial score (nSPS) is 35.0. The van der Waals surface area contributed by atoms with Crippen molar-refractivity contribution in [1.29, 1.82) is 0 Å². The number of nitrogens with two attached hydrogens (primary N) is 1. The van der Waals surface area contributed by atoms with E-state index in [0.717, 1.165) is 24.8 Å². The third-order valence-electron chi connectivity index (χ3n) is 6.26. The topological polar surface area (TPSA) is 58.8 Å². The largest absolute Gasteiger partial charge is 0.497 e. The van der Waals surface area contributed by atoms with Crippen LogP contribution in [0, 0.1) is 5.92 Å². The first kappa shape index (κ1) is 15.9. The molecule has 5 heteroatoms. The van der Waals surface area contributed by atoms with E-state index < -0.39 is 0 Å². The summed E-state index contributed by atoms with van der Waals surface area (Å²) >= 11 is 0. The number of amides is 1. The van der Waals surface area contributed by atoms with Gasteiger partial charge in [-0.25, -0.2) is 0 Å². The predicted octanol–water partition coefficient (Wildman–Crippen LogP) is 1.43. The van der Waals surface area contributed by atoms with Crippen LogP contribution in [0.15, 0.2) is 24.3 Å². The average molecular weight is 329 g/mol. The molecule has 24 heavy (non-hydrogen) atoms. The van der Waals surface area contributed by atoms with E-state index in [9.17, 15) is 4.79 Å². The number of hydrogen-bond acceptors (Lipinski definition) is 4. The van der Waals surface area contributed by atoms with Crippen LogP contribution in [0.25, 0.3) is 0 Å². The van der Waals surface area contributed by atoms with E-state index in [-0.39, 0.29) is 5.91 Å². The Balaban J connectivity index is 1.63. The first-order valence-corrected chi connectivity index (χ1v) is 9.07. The summed E-state index contributed by atoms with van der Waals surface area (Å²) in [4.78, 5) is 16.5. The lowest BCUT2D eigenvalue weighted by molar-refractivity contribution is -0.118. The summed E-state index contributed by atoms with van der Waals surface area (Å²) in [6.07, 6.45) is 3.04. The summed E-state index contributed by atoms with van der Waals surface area (Å²) in [5, 5.41) is 0. The maximum atomic E-state index is 11.3.